The molecule has 0 aromatic heterocycles. The molecule has 1 rings (SSSR count). The molecule has 5 nitrogen and oxygen atoms in total. The second-order valence-electron chi connectivity index (χ2n) is 7.36. The van der Waals surface area contributed by atoms with Crippen LogP contribution in [-0.4, -0.2) is 37.3 Å². The molecule has 0 aliphatic heterocycles. The third kappa shape index (κ3) is 9.89. The minimum atomic E-state index is -4.96. The van der Waals surface area contributed by atoms with Crippen LogP contribution in [0.2, 0.25) is 0 Å². The molecular weight excluding hydrogens is 415 g/mol. The first-order valence-electron chi connectivity index (χ1n) is 9.29. The topological polar surface area (TPSA) is 61.8 Å². The first kappa shape index (κ1) is 25.6. The number of alkyl halides is 5. The Morgan fingerprint density at radius 3 is 2.07 bits per heavy atom. The maximum atomic E-state index is 13.1. The van der Waals surface area contributed by atoms with Gasteiger partial charge in [0.05, 0.1) is 12.0 Å². The molecule has 0 heterocycles. The summed E-state index contributed by atoms with van der Waals surface area (Å²) in [5.41, 5.74) is -0.629. The molecule has 0 radical (unpaired) electrons. The summed E-state index contributed by atoms with van der Waals surface area (Å²) >= 11 is 0. The molecule has 0 spiro atoms. The monoisotopic (exact) mass is 440 g/mol. The van der Waals surface area contributed by atoms with E-state index in [0.29, 0.717) is 12.2 Å². The van der Waals surface area contributed by atoms with Gasteiger partial charge < -0.3 is 14.2 Å². The average molecular weight is 440 g/mol. The highest BCUT2D eigenvalue weighted by atomic mass is 19.4. The fourth-order valence-corrected chi connectivity index (χ4v) is 2.08. The molecule has 1 aromatic rings. The summed E-state index contributed by atoms with van der Waals surface area (Å²) in [4.78, 5) is 23.5. The van der Waals surface area contributed by atoms with Gasteiger partial charge >= 0.3 is 18.1 Å². The van der Waals surface area contributed by atoms with Gasteiger partial charge in [-0.25, -0.2) is 13.6 Å². The van der Waals surface area contributed by atoms with E-state index in [0.717, 1.165) is 0 Å². The molecule has 0 atom stereocenters. The van der Waals surface area contributed by atoms with Crippen LogP contribution in [0, 0.1) is 5.41 Å². The zero-order chi connectivity index (χ0) is 23.0. The number of hydrogen-bond acceptors (Lipinski definition) is 5. The number of hydrogen-bond donors (Lipinski definition) is 0. The Kier molecular flexibility index (Phi) is 9.05. The van der Waals surface area contributed by atoms with E-state index in [4.69, 9.17) is 9.47 Å². The summed E-state index contributed by atoms with van der Waals surface area (Å²) in [6.45, 7) is 4.43. The van der Waals surface area contributed by atoms with Gasteiger partial charge in [-0.3, -0.25) is 4.79 Å². The van der Waals surface area contributed by atoms with E-state index < -0.39 is 56.0 Å². The molecule has 1 aromatic carbocycles. The Morgan fingerprint density at radius 1 is 0.967 bits per heavy atom. The van der Waals surface area contributed by atoms with Gasteiger partial charge in [0.2, 0.25) is 0 Å². The summed E-state index contributed by atoms with van der Waals surface area (Å²) in [6, 6.07) is 5.89. The fraction of sp³-hybridized carbons (Fsp3) is 0.600. The molecule has 0 unspecified atom stereocenters. The minimum Gasteiger partial charge on any atom is -0.482 e. The van der Waals surface area contributed by atoms with Crippen LogP contribution >= 0.6 is 0 Å². The van der Waals surface area contributed by atoms with Crippen molar-refractivity contribution in [3.63, 3.8) is 0 Å². The molecule has 0 bridgehead atoms. The van der Waals surface area contributed by atoms with Gasteiger partial charge in [-0.05, 0) is 51.0 Å². The molecule has 0 saturated heterocycles. The predicted octanol–water partition coefficient (Wildman–Crippen LogP) is 5.32. The largest absolute Gasteiger partial charge is 0.482 e. The van der Waals surface area contributed by atoms with Crippen LogP contribution in [0.4, 0.5) is 22.0 Å². The van der Waals surface area contributed by atoms with Gasteiger partial charge in [0.1, 0.15) is 17.9 Å². The van der Waals surface area contributed by atoms with Gasteiger partial charge in [-0.2, -0.15) is 13.2 Å². The zero-order valence-corrected chi connectivity index (χ0v) is 17.0. The van der Waals surface area contributed by atoms with Crippen molar-refractivity contribution >= 4 is 11.9 Å². The van der Waals surface area contributed by atoms with E-state index in [1.54, 1.807) is 13.8 Å². The molecule has 0 amide bonds. The Hall–Kier alpha value is -2.39. The van der Waals surface area contributed by atoms with E-state index in [1.807, 2.05) is 6.92 Å². The molecule has 0 fully saturated rings. The van der Waals surface area contributed by atoms with Crippen molar-refractivity contribution in [3.05, 3.63) is 24.3 Å². The fourth-order valence-electron chi connectivity index (χ4n) is 2.08. The van der Waals surface area contributed by atoms with Crippen molar-refractivity contribution in [2.75, 3.05) is 13.2 Å². The first-order valence-corrected chi connectivity index (χ1v) is 9.29. The van der Waals surface area contributed by atoms with Crippen molar-refractivity contribution in [2.24, 2.45) is 5.41 Å². The van der Waals surface area contributed by atoms with Crippen LogP contribution in [0.1, 0.15) is 46.5 Å². The van der Waals surface area contributed by atoms with Gasteiger partial charge in [-0.1, -0.05) is 6.92 Å². The highest BCUT2D eigenvalue weighted by Crippen LogP contribution is 2.34. The lowest BCUT2D eigenvalue weighted by atomic mass is 9.91. The SMILES string of the molecule is CCC(C)(C)C(=O)Oc1ccc(OCC(=O)OCCCC(F)(F)CC(F)(F)F)cc1. The number of carbonyl (C=O) groups is 2. The smallest absolute Gasteiger partial charge is 0.394 e. The van der Waals surface area contributed by atoms with E-state index in [2.05, 4.69) is 4.74 Å². The van der Waals surface area contributed by atoms with Crippen LogP contribution in [0.3, 0.4) is 0 Å². The quantitative estimate of drug-likeness (QED) is 0.202. The molecule has 30 heavy (non-hydrogen) atoms. The van der Waals surface area contributed by atoms with Crippen LogP contribution in [-0.2, 0) is 14.3 Å². The normalized spacial score (nSPS) is 12.4. The van der Waals surface area contributed by atoms with E-state index in [1.165, 1.54) is 24.3 Å². The molecule has 0 N–H and O–H groups in total. The Morgan fingerprint density at radius 2 is 1.53 bits per heavy atom. The van der Waals surface area contributed by atoms with Gasteiger partial charge in [0, 0.05) is 6.42 Å². The molecule has 170 valence electrons. The number of rotatable bonds is 11. The number of carbonyl (C=O) groups excluding carboxylic acids is 2. The molecule has 0 aliphatic rings. The summed E-state index contributed by atoms with van der Waals surface area (Å²) in [5.74, 6) is -4.56. The summed E-state index contributed by atoms with van der Waals surface area (Å²) in [7, 11) is 0. The molecule has 10 heteroatoms. The maximum absolute atomic E-state index is 13.1. The molecular formula is C20H25F5O5. The van der Waals surface area contributed by atoms with E-state index in [-0.39, 0.29) is 11.7 Å². The van der Waals surface area contributed by atoms with Crippen molar-refractivity contribution in [2.45, 2.75) is 58.6 Å². The van der Waals surface area contributed by atoms with Gasteiger partial charge in [0.25, 0.3) is 5.92 Å². The minimum absolute atomic E-state index is 0.276. The summed E-state index contributed by atoms with van der Waals surface area (Å²) in [5, 5.41) is 0. The number of ether oxygens (including phenoxy) is 3. The lowest BCUT2D eigenvalue weighted by Gasteiger charge is -2.20. The van der Waals surface area contributed by atoms with E-state index in [9.17, 15) is 31.5 Å². The maximum Gasteiger partial charge on any atom is 0.394 e. The summed E-state index contributed by atoms with van der Waals surface area (Å²) in [6.07, 6.45) is -8.03. The molecule has 0 saturated carbocycles. The lowest BCUT2D eigenvalue weighted by molar-refractivity contribution is -0.190. The highest BCUT2D eigenvalue weighted by Gasteiger charge is 2.42. The Bertz CT molecular complexity index is 699. The van der Waals surface area contributed by atoms with Gasteiger partial charge in [0.15, 0.2) is 6.61 Å². The van der Waals surface area contributed by atoms with Crippen molar-refractivity contribution in [3.8, 4) is 11.5 Å². The second-order valence-corrected chi connectivity index (χ2v) is 7.36. The van der Waals surface area contributed by atoms with Crippen molar-refractivity contribution < 1.29 is 45.8 Å². The average Bonchev–Trinajstić information content (AvgIpc) is 2.62. The second kappa shape index (κ2) is 10.6. The van der Waals surface area contributed by atoms with Crippen LogP contribution in [0.15, 0.2) is 24.3 Å². The number of benzene rings is 1. The van der Waals surface area contributed by atoms with Gasteiger partial charge in [-0.15, -0.1) is 0 Å². The number of esters is 2. The van der Waals surface area contributed by atoms with E-state index >= 15 is 0 Å². The predicted molar refractivity (Wildman–Crippen MR) is 97.5 cm³/mol. The highest BCUT2D eigenvalue weighted by molar-refractivity contribution is 5.78. The zero-order valence-electron chi connectivity index (χ0n) is 17.0. The number of halogens is 5. The van der Waals surface area contributed by atoms with Crippen LogP contribution in [0.5, 0.6) is 11.5 Å². The Labute approximate surface area is 171 Å². The van der Waals surface area contributed by atoms with Crippen LogP contribution < -0.4 is 9.47 Å². The van der Waals surface area contributed by atoms with Crippen molar-refractivity contribution in [1.29, 1.82) is 0 Å². The first-order chi connectivity index (χ1) is 13.7. The standard InChI is InChI=1S/C20H25F5O5/c1-4-18(2,3)17(27)30-15-8-6-14(7-9-15)29-12-16(26)28-11-5-10-19(21,22)13-20(23,24)25/h6-9H,4-5,10-13H2,1-3H3. The van der Waals surface area contributed by atoms with Crippen LogP contribution in [0.25, 0.3) is 0 Å². The third-order valence-electron chi connectivity index (χ3n) is 4.24. The Balaban J connectivity index is 2.34. The van der Waals surface area contributed by atoms with Crippen molar-refractivity contribution in [1.82, 2.24) is 0 Å². The lowest BCUT2D eigenvalue weighted by Crippen LogP contribution is -2.28. The third-order valence-corrected chi connectivity index (χ3v) is 4.24. The summed E-state index contributed by atoms with van der Waals surface area (Å²) < 4.78 is 77.3. The molecule has 0 aliphatic carbocycles.